The van der Waals surface area contributed by atoms with Crippen LogP contribution < -0.4 is 0 Å². The van der Waals surface area contributed by atoms with Gasteiger partial charge in [-0.2, -0.15) is 0 Å². The van der Waals surface area contributed by atoms with Crippen LogP contribution in [0.25, 0.3) is 0 Å². The van der Waals surface area contributed by atoms with Crippen molar-refractivity contribution >= 4 is 28.8 Å². The van der Waals surface area contributed by atoms with Crippen LogP contribution in [0.3, 0.4) is 0 Å². The highest BCUT2D eigenvalue weighted by Crippen LogP contribution is 2.19. The summed E-state index contributed by atoms with van der Waals surface area (Å²) in [5, 5.41) is 3.74. The van der Waals surface area contributed by atoms with E-state index in [2.05, 4.69) is 15.3 Å². The molecule has 0 radical (unpaired) electrons. The first kappa shape index (κ1) is 16.4. The van der Waals surface area contributed by atoms with E-state index in [0.29, 0.717) is 10.6 Å². The van der Waals surface area contributed by atoms with E-state index in [1.165, 1.54) is 0 Å². The number of benzene rings is 1. The molecule has 1 amide bonds. The van der Waals surface area contributed by atoms with Crippen molar-refractivity contribution in [2.75, 3.05) is 26.2 Å². The number of rotatable bonds is 3. The van der Waals surface area contributed by atoms with Crippen molar-refractivity contribution in [1.82, 2.24) is 14.8 Å². The summed E-state index contributed by atoms with van der Waals surface area (Å²) in [4.78, 5) is 21.5. The first-order chi connectivity index (χ1) is 11.1. The fourth-order valence-corrected chi connectivity index (χ4v) is 3.67. The van der Waals surface area contributed by atoms with Gasteiger partial charge in [-0.25, -0.2) is 4.98 Å². The van der Waals surface area contributed by atoms with Crippen molar-refractivity contribution in [3.05, 3.63) is 50.9 Å². The first-order valence-corrected chi connectivity index (χ1v) is 9.06. The Morgan fingerprint density at radius 2 is 2.09 bits per heavy atom. The molecule has 3 rings (SSSR count). The van der Waals surface area contributed by atoms with Crippen molar-refractivity contribution in [2.45, 2.75) is 19.9 Å². The summed E-state index contributed by atoms with van der Waals surface area (Å²) in [6, 6.07) is 7.27. The molecule has 0 aliphatic carbocycles. The van der Waals surface area contributed by atoms with Crippen molar-refractivity contribution in [1.29, 1.82) is 0 Å². The summed E-state index contributed by atoms with van der Waals surface area (Å²) in [5.74, 6) is 0.0296. The fraction of sp³-hybridized carbons (Fsp3) is 0.412. The molecule has 6 heteroatoms. The molecule has 1 aromatic carbocycles. The van der Waals surface area contributed by atoms with Crippen LogP contribution in [0, 0.1) is 6.92 Å². The number of nitrogens with zero attached hydrogens (tertiary/aromatic N) is 3. The Kier molecular flexibility index (Phi) is 5.30. The van der Waals surface area contributed by atoms with Crippen molar-refractivity contribution in [3.8, 4) is 0 Å². The van der Waals surface area contributed by atoms with Gasteiger partial charge in [0.1, 0.15) is 0 Å². The van der Waals surface area contributed by atoms with Gasteiger partial charge in [-0.15, -0.1) is 11.3 Å². The van der Waals surface area contributed by atoms with Gasteiger partial charge in [0.2, 0.25) is 0 Å². The van der Waals surface area contributed by atoms with E-state index in [1.54, 1.807) is 23.5 Å². The number of hydrogen-bond acceptors (Lipinski definition) is 4. The van der Waals surface area contributed by atoms with Crippen LogP contribution in [-0.2, 0) is 6.54 Å². The third-order valence-corrected chi connectivity index (χ3v) is 5.18. The number of halogens is 1. The Bertz CT molecular complexity index is 688. The van der Waals surface area contributed by atoms with E-state index >= 15 is 0 Å². The molecule has 23 heavy (non-hydrogen) atoms. The van der Waals surface area contributed by atoms with E-state index in [0.717, 1.165) is 49.8 Å². The van der Waals surface area contributed by atoms with Crippen LogP contribution in [0.1, 0.15) is 27.5 Å². The van der Waals surface area contributed by atoms with Crippen LogP contribution in [0.2, 0.25) is 5.02 Å². The molecule has 0 bridgehead atoms. The van der Waals surface area contributed by atoms with E-state index in [4.69, 9.17) is 11.6 Å². The summed E-state index contributed by atoms with van der Waals surface area (Å²) >= 11 is 7.84. The predicted octanol–water partition coefficient (Wildman–Crippen LogP) is 3.45. The zero-order chi connectivity index (χ0) is 16.2. The quantitative estimate of drug-likeness (QED) is 0.851. The molecule has 1 aromatic heterocycles. The summed E-state index contributed by atoms with van der Waals surface area (Å²) < 4.78 is 0. The Hall–Kier alpha value is -1.43. The summed E-state index contributed by atoms with van der Waals surface area (Å²) in [6.45, 7) is 6.25. The molecule has 4 nitrogen and oxygen atoms in total. The number of thiazole rings is 1. The molecule has 0 N–H and O–H groups in total. The topological polar surface area (TPSA) is 36.4 Å². The van der Waals surface area contributed by atoms with E-state index in [1.807, 2.05) is 24.0 Å². The molecule has 1 fully saturated rings. The van der Waals surface area contributed by atoms with E-state index in [9.17, 15) is 4.79 Å². The fourth-order valence-electron chi connectivity index (χ4n) is 2.85. The second-order valence-corrected chi connectivity index (χ2v) is 7.23. The van der Waals surface area contributed by atoms with Crippen LogP contribution in [0.5, 0.6) is 0 Å². The lowest BCUT2D eigenvalue weighted by Crippen LogP contribution is -2.35. The SMILES string of the molecule is Cc1nc(CN2CCCN(C(=O)c3ccccc3Cl)CC2)cs1. The summed E-state index contributed by atoms with van der Waals surface area (Å²) in [5.41, 5.74) is 1.72. The smallest absolute Gasteiger partial charge is 0.255 e. The molecule has 1 aliphatic heterocycles. The predicted molar refractivity (Wildman–Crippen MR) is 94.1 cm³/mol. The van der Waals surface area contributed by atoms with E-state index < -0.39 is 0 Å². The van der Waals surface area contributed by atoms with Crippen LogP contribution in [0.15, 0.2) is 29.6 Å². The average molecular weight is 350 g/mol. The number of carbonyl (C=O) groups excluding carboxylic acids is 1. The minimum absolute atomic E-state index is 0.0296. The van der Waals surface area contributed by atoms with E-state index in [-0.39, 0.29) is 5.91 Å². The first-order valence-electron chi connectivity index (χ1n) is 7.80. The molecule has 0 saturated carbocycles. The minimum atomic E-state index is 0.0296. The highest BCUT2D eigenvalue weighted by atomic mass is 35.5. The highest BCUT2D eigenvalue weighted by Gasteiger charge is 2.22. The third-order valence-electron chi connectivity index (χ3n) is 4.03. The molecule has 0 spiro atoms. The van der Waals surface area contributed by atoms with Crippen molar-refractivity contribution in [2.24, 2.45) is 0 Å². The van der Waals surface area contributed by atoms with Crippen LogP contribution >= 0.6 is 22.9 Å². The molecule has 0 atom stereocenters. The maximum absolute atomic E-state index is 12.7. The Balaban J connectivity index is 1.62. The molecule has 2 heterocycles. The standard InChI is InChI=1S/C17H20ClN3OS/c1-13-19-14(12-23-13)11-20-7-4-8-21(10-9-20)17(22)15-5-2-3-6-16(15)18/h2-3,5-6,12H,4,7-11H2,1H3. The van der Waals surface area contributed by atoms with Gasteiger partial charge in [-0.1, -0.05) is 23.7 Å². The number of aromatic nitrogens is 1. The normalized spacial score (nSPS) is 16.3. The Labute approximate surface area is 145 Å². The second-order valence-electron chi connectivity index (χ2n) is 5.76. The van der Waals surface area contributed by atoms with Gasteiger partial charge >= 0.3 is 0 Å². The maximum Gasteiger partial charge on any atom is 0.255 e. The Morgan fingerprint density at radius 1 is 1.26 bits per heavy atom. The number of carbonyl (C=O) groups is 1. The molecule has 2 aromatic rings. The number of amides is 1. The molecule has 122 valence electrons. The molecule has 1 saturated heterocycles. The zero-order valence-electron chi connectivity index (χ0n) is 13.2. The van der Waals surface area contributed by atoms with Gasteiger partial charge in [0.25, 0.3) is 5.91 Å². The van der Waals surface area contributed by atoms with Gasteiger partial charge < -0.3 is 4.90 Å². The van der Waals surface area contributed by atoms with Gasteiger partial charge in [-0.05, 0) is 25.5 Å². The zero-order valence-corrected chi connectivity index (χ0v) is 14.7. The highest BCUT2D eigenvalue weighted by molar-refractivity contribution is 7.09. The number of aryl methyl sites for hydroxylation is 1. The monoisotopic (exact) mass is 349 g/mol. The number of hydrogen-bond donors (Lipinski definition) is 0. The third kappa shape index (κ3) is 4.10. The van der Waals surface area contributed by atoms with Crippen molar-refractivity contribution in [3.63, 3.8) is 0 Å². The lowest BCUT2D eigenvalue weighted by Gasteiger charge is -2.22. The summed E-state index contributed by atoms with van der Waals surface area (Å²) in [7, 11) is 0. The minimum Gasteiger partial charge on any atom is -0.337 e. The average Bonchev–Trinajstić information content (AvgIpc) is 2.81. The largest absolute Gasteiger partial charge is 0.337 e. The van der Waals surface area contributed by atoms with Gasteiger partial charge in [0.15, 0.2) is 0 Å². The Morgan fingerprint density at radius 3 is 2.83 bits per heavy atom. The van der Waals surface area contributed by atoms with Crippen LogP contribution in [-0.4, -0.2) is 46.9 Å². The lowest BCUT2D eigenvalue weighted by atomic mass is 10.2. The lowest BCUT2D eigenvalue weighted by molar-refractivity contribution is 0.0761. The van der Waals surface area contributed by atoms with Crippen LogP contribution in [0.4, 0.5) is 0 Å². The molecule has 0 unspecified atom stereocenters. The van der Waals surface area contributed by atoms with Gasteiger partial charge in [0, 0.05) is 38.1 Å². The molecular weight excluding hydrogens is 330 g/mol. The van der Waals surface area contributed by atoms with Gasteiger partial charge in [0.05, 0.1) is 21.3 Å². The molecular formula is C17H20ClN3OS. The molecule has 1 aliphatic rings. The second kappa shape index (κ2) is 7.43. The summed E-state index contributed by atoms with van der Waals surface area (Å²) in [6.07, 6.45) is 0.972. The van der Waals surface area contributed by atoms with Crippen molar-refractivity contribution < 1.29 is 4.79 Å². The maximum atomic E-state index is 12.7. The van der Waals surface area contributed by atoms with Gasteiger partial charge in [-0.3, -0.25) is 9.69 Å².